The van der Waals surface area contributed by atoms with E-state index in [9.17, 15) is 14.4 Å². The molecule has 4 rings (SSSR count). The van der Waals surface area contributed by atoms with E-state index in [1.54, 1.807) is 18.3 Å². The lowest BCUT2D eigenvalue weighted by Crippen LogP contribution is -2.55. The largest absolute Gasteiger partial charge is 0.379 e. The molecule has 1 aromatic carbocycles. The standard InChI is InChI=1S/C31H47N5O4S/c1-4-28(37)33-25(19-30-34-24-11-10-23(21(2)3)18-27(24)41-30)31(39)35-26(22-8-6-5-7-9-22)20-32-29(38)12-13-36-14-16-40-17-15-36/h10-11,18,21-22,25-26H,4-9,12-17,19-20H2,1-3H3,(H,32,38)(H,33,37)(H,35,39). The van der Waals surface area contributed by atoms with Gasteiger partial charge in [-0.05, 0) is 42.4 Å². The van der Waals surface area contributed by atoms with E-state index in [0.717, 1.165) is 54.0 Å². The number of hydrogen-bond acceptors (Lipinski definition) is 7. The molecule has 1 aliphatic carbocycles. The third kappa shape index (κ3) is 9.48. The number of rotatable bonds is 13. The van der Waals surface area contributed by atoms with Crippen LogP contribution >= 0.6 is 11.3 Å². The number of benzene rings is 1. The van der Waals surface area contributed by atoms with E-state index in [0.29, 0.717) is 57.4 Å². The number of nitrogens with one attached hydrogen (secondary N) is 3. The first kappa shape index (κ1) is 31.4. The summed E-state index contributed by atoms with van der Waals surface area (Å²) < 4.78 is 6.48. The van der Waals surface area contributed by atoms with Crippen LogP contribution in [0.15, 0.2) is 18.2 Å². The minimum absolute atomic E-state index is 0.00220. The second-order valence-corrected chi connectivity index (χ2v) is 12.8. The van der Waals surface area contributed by atoms with Crippen LogP contribution in [0.5, 0.6) is 0 Å². The van der Waals surface area contributed by atoms with Crippen molar-refractivity contribution in [1.29, 1.82) is 0 Å². The first-order valence-electron chi connectivity index (χ1n) is 15.4. The highest BCUT2D eigenvalue weighted by molar-refractivity contribution is 7.18. The Morgan fingerprint density at radius 3 is 2.54 bits per heavy atom. The van der Waals surface area contributed by atoms with Gasteiger partial charge >= 0.3 is 0 Å². The molecule has 1 saturated heterocycles. The van der Waals surface area contributed by atoms with Crippen molar-refractivity contribution >= 4 is 39.3 Å². The number of ether oxygens (including phenoxy) is 1. The number of fused-ring (bicyclic) bond motifs is 1. The van der Waals surface area contributed by atoms with Gasteiger partial charge in [-0.15, -0.1) is 11.3 Å². The van der Waals surface area contributed by atoms with E-state index in [-0.39, 0.29) is 23.8 Å². The molecule has 1 aromatic heterocycles. The van der Waals surface area contributed by atoms with E-state index in [1.807, 2.05) is 6.07 Å². The van der Waals surface area contributed by atoms with Crippen molar-refractivity contribution in [3.05, 3.63) is 28.8 Å². The molecule has 10 heteroatoms. The molecule has 2 aromatic rings. The number of thiazole rings is 1. The molecule has 1 saturated carbocycles. The van der Waals surface area contributed by atoms with Crippen molar-refractivity contribution in [2.75, 3.05) is 39.4 Å². The number of aromatic nitrogens is 1. The van der Waals surface area contributed by atoms with Gasteiger partial charge in [0.05, 0.1) is 28.4 Å². The maximum atomic E-state index is 13.7. The lowest BCUT2D eigenvalue weighted by molar-refractivity contribution is -0.129. The van der Waals surface area contributed by atoms with E-state index < -0.39 is 6.04 Å². The number of amides is 3. The van der Waals surface area contributed by atoms with Crippen molar-refractivity contribution in [1.82, 2.24) is 25.8 Å². The Kier molecular flexibility index (Phi) is 11.9. The van der Waals surface area contributed by atoms with Crippen LogP contribution < -0.4 is 16.0 Å². The Morgan fingerprint density at radius 2 is 1.83 bits per heavy atom. The third-order valence-electron chi connectivity index (χ3n) is 8.30. The second-order valence-electron chi connectivity index (χ2n) is 11.7. The lowest BCUT2D eigenvalue weighted by Gasteiger charge is -2.32. The molecule has 41 heavy (non-hydrogen) atoms. The average molecular weight is 586 g/mol. The summed E-state index contributed by atoms with van der Waals surface area (Å²) in [5.41, 5.74) is 2.17. The summed E-state index contributed by atoms with van der Waals surface area (Å²) in [6.45, 7) is 10.4. The van der Waals surface area contributed by atoms with E-state index in [1.165, 1.54) is 12.0 Å². The van der Waals surface area contributed by atoms with Gasteiger partial charge in [-0.1, -0.05) is 46.1 Å². The predicted octanol–water partition coefficient (Wildman–Crippen LogP) is 3.76. The van der Waals surface area contributed by atoms with Crippen LogP contribution in [0, 0.1) is 5.92 Å². The number of carbonyl (C=O) groups is 3. The molecule has 3 amide bonds. The van der Waals surface area contributed by atoms with Crippen LogP contribution in [0.3, 0.4) is 0 Å². The molecule has 2 aliphatic rings. The molecule has 2 atom stereocenters. The number of hydrogen-bond donors (Lipinski definition) is 3. The molecule has 9 nitrogen and oxygen atoms in total. The zero-order chi connectivity index (χ0) is 29.2. The first-order valence-corrected chi connectivity index (χ1v) is 16.2. The van der Waals surface area contributed by atoms with Crippen LogP contribution in [0.4, 0.5) is 0 Å². The zero-order valence-electron chi connectivity index (χ0n) is 24.9. The number of nitrogens with zero attached hydrogens (tertiary/aromatic N) is 2. The van der Waals surface area contributed by atoms with Gasteiger partial charge in [-0.2, -0.15) is 0 Å². The second kappa shape index (κ2) is 15.6. The number of carbonyl (C=O) groups excluding carboxylic acids is 3. The molecule has 0 radical (unpaired) electrons. The van der Waals surface area contributed by atoms with Crippen molar-refractivity contribution in [3.63, 3.8) is 0 Å². The molecule has 0 bridgehead atoms. The minimum atomic E-state index is -0.726. The molecule has 226 valence electrons. The summed E-state index contributed by atoms with van der Waals surface area (Å²) in [7, 11) is 0. The molecular formula is C31H47N5O4S. The van der Waals surface area contributed by atoms with Crippen molar-refractivity contribution < 1.29 is 19.1 Å². The van der Waals surface area contributed by atoms with Gasteiger partial charge in [0.2, 0.25) is 17.7 Å². The van der Waals surface area contributed by atoms with E-state index in [2.05, 4.69) is 46.8 Å². The molecule has 2 heterocycles. The van der Waals surface area contributed by atoms with Gasteiger partial charge < -0.3 is 20.7 Å². The highest BCUT2D eigenvalue weighted by Crippen LogP contribution is 2.28. The molecular weight excluding hydrogens is 538 g/mol. The van der Waals surface area contributed by atoms with Gasteiger partial charge in [0.25, 0.3) is 0 Å². The summed E-state index contributed by atoms with van der Waals surface area (Å²) in [5, 5.41) is 10.1. The maximum absolute atomic E-state index is 13.7. The van der Waals surface area contributed by atoms with E-state index in [4.69, 9.17) is 9.72 Å². The first-order chi connectivity index (χ1) is 19.8. The smallest absolute Gasteiger partial charge is 0.243 e. The van der Waals surface area contributed by atoms with Crippen LogP contribution in [0.1, 0.15) is 82.2 Å². The van der Waals surface area contributed by atoms with Crippen molar-refractivity contribution in [2.24, 2.45) is 5.92 Å². The van der Waals surface area contributed by atoms with Crippen molar-refractivity contribution in [2.45, 2.75) is 90.1 Å². The fourth-order valence-corrected chi connectivity index (χ4v) is 6.73. The quantitative estimate of drug-likeness (QED) is 0.330. The Morgan fingerprint density at radius 1 is 1.07 bits per heavy atom. The highest BCUT2D eigenvalue weighted by atomic mass is 32.1. The molecule has 2 fully saturated rings. The van der Waals surface area contributed by atoms with Crippen LogP contribution in [-0.4, -0.2) is 79.1 Å². The summed E-state index contributed by atoms with van der Waals surface area (Å²) >= 11 is 1.58. The minimum Gasteiger partial charge on any atom is -0.379 e. The highest BCUT2D eigenvalue weighted by Gasteiger charge is 2.30. The van der Waals surface area contributed by atoms with Crippen molar-refractivity contribution in [3.8, 4) is 0 Å². The van der Waals surface area contributed by atoms with Crippen LogP contribution in [-0.2, 0) is 25.5 Å². The summed E-state index contributed by atoms with van der Waals surface area (Å²) in [5.74, 6) is 0.333. The fraction of sp³-hybridized carbons (Fsp3) is 0.677. The molecule has 2 unspecified atom stereocenters. The van der Waals surface area contributed by atoms with Crippen LogP contribution in [0.25, 0.3) is 10.2 Å². The summed E-state index contributed by atoms with van der Waals surface area (Å²) in [4.78, 5) is 45.9. The van der Waals surface area contributed by atoms with E-state index >= 15 is 0 Å². The molecule has 3 N–H and O–H groups in total. The topological polar surface area (TPSA) is 113 Å². The van der Waals surface area contributed by atoms with Gasteiger partial charge in [0, 0.05) is 51.5 Å². The molecule has 0 spiro atoms. The van der Waals surface area contributed by atoms with Gasteiger partial charge in [-0.3, -0.25) is 19.3 Å². The SMILES string of the molecule is CCC(=O)NC(Cc1nc2ccc(C(C)C)cc2s1)C(=O)NC(CNC(=O)CCN1CCOCC1)C1CCCCC1. The molecule has 1 aliphatic heterocycles. The fourth-order valence-electron chi connectivity index (χ4n) is 5.67. The number of morpholine rings is 1. The monoisotopic (exact) mass is 585 g/mol. The Balaban J connectivity index is 1.41. The Labute approximate surface area is 248 Å². The normalized spacial score (nSPS) is 18.2. The maximum Gasteiger partial charge on any atom is 0.243 e. The van der Waals surface area contributed by atoms with Gasteiger partial charge in [0.15, 0.2) is 0 Å². The van der Waals surface area contributed by atoms with Gasteiger partial charge in [-0.25, -0.2) is 4.98 Å². The third-order valence-corrected chi connectivity index (χ3v) is 9.34. The average Bonchev–Trinajstić information content (AvgIpc) is 3.40. The summed E-state index contributed by atoms with van der Waals surface area (Å²) in [6, 6.07) is 5.40. The lowest BCUT2D eigenvalue weighted by atomic mass is 9.83. The zero-order valence-corrected chi connectivity index (χ0v) is 25.7. The Hall–Kier alpha value is -2.56. The van der Waals surface area contributed by atoms with Gasteiger partial charge in [0.1, 0.15) is 6.04 Å². The summed E-state index contributed by atoms with van der Waals surface area (Å²) in [6.07, 6.45) is 6.56. The van der Waals surface area contributed by atoms with Crippen LogP contribution in [0.2, 0.25) is 0 Å². The predicted molar refractivity (Wildman–Crippen MR) is 163 cm³/mol. The Bertz CT molecular complexity index is 1160.